The van der Waals surface area contributed by atoms with Crippen molar-refractivity contribution in [2.75, 3.05) is 26.8 Å². The van der Waals surface area contributed by atoms with Gasteiger partial charge in [-0.05, 0) is 49.2 Å². The Kier molecular flexibility index (Phi) is 4.48. The van der Waals surface area contributed by atoms with Gasteiger partial charge in [-0.25, -0.2) is 0 Å². The number of likely N-dealkylation sites (tertiary alicyclic amines) is 1. The number of nitrogens with one attached hydrogen (secondary N) is 1. The first-order valence-corrected chi connectivity index (χ1v) is 9.08. The highest BCUT2D eigenvalue weighted by molar-refractivity contribution is 5.98. The predicted molar refractivity (Wildman–Crippen MR) is 100 cm³/mol. The van der Waals surface area contributed by atoms with Gasteiger partial charge >= 0.3 is 0 Å². The van der Waals surface area contributed by atoms with E-state index in [1.807, 2.05) is 12.1 Å². The molecule has 0 aromatic heterocycles. The Morgan fingerprint density at radius 1 is 1.19 bits per heavy atom. The van der Waals surface area contributed by atoms with Crippen LogP contribution >= 0.6 is 0 Å². The second-order valence-electron chi connectivity index (χ2n) is 7.08. The second-order valence-corrected chi connectivity index (χ2v) is 7.08. The van der Waals surface area contributed by atoms with Crippen LogP contribution in [0.25, 0.3) is 0 Å². The minimum absolute atomic E-state index is 0.0484. The topological polar surface area (TPSA) is 67.9 Å². The number of piperidine rings is 1. The van der Waals surface area contributed by atoms with Crippen LogP contribution in [0.5, 0.6) is 11.5 Å². The van der Waals surface area contributed by atoms with E-state index in [1.54, 1.807) is 48.4 Å². The molecule has 2 aromatic carbocycles. The number of benzene rings is 2. The minimum Gasteiger partial charge on any atom is -0.497 e. The molecule has 6 nitrogen and oxygen atoms in total. The molecule has 0 radical (unpaired) electrons. The van der Waals surface area contributed by atoms with E-state index >= 15 is 0 Å². The van der Waals surface area contributed by atoms with Crippen LogP contribution in [0.2, 0.25) is 0 Å². The highest BCUT2D eigenvalue weighted by Gasteiger charge is 2.41. The molecule has 1 fully saturated rings. The fraction of sp³-hybridized carbons (Fsp3) is 0.333. The summed E-state index contributed by atoms with van der Waals surface area (Å²) in [5, 5.41) is 3.13. The van der Waals surface area contributed by atoms with E-state index in [9.17, 15) is 9.59 Å². The van der Waals surface area contributed by atoms with E-state index in [1.165, 1.54) is 0 Å². The largest absolute Gasteiger partial charge is 0.497 e. The van der Waals surface area contributed by atoms with Crippen LogP contribution in [0.3, 0.4) is 0 Å². The lowest BCUT2D eigenvalue weighted by Crippen LogP contribution is -2.61. The van der Waals surface area contributed by atoms with E-state index in [4.69, 9.17) is 9.47 Å². The smallest absolute Gasteiger partial charge is 0.255 e. The molecule has 1 saturated heterocycles. The molecule has 0 saturated carbocycles. The zero-order valence-corrected chi connectivity index (χ0v) is 15.2. The zero-order valence-electron chi connectivity index (χ0n) is 15.2. The van der Waals surface area contributed by atoms with E-state index in [-0.39, 0.29) is 11.8 Å². The molecule has 140 valence electrons. The van der Waals surface area contributed by atoms with Gasteiger partial charge in [0.15, 0.2) is 0 Å². The molecular weight excluding hydrogens is 344 g/mol. The molecule has 1 unspecified atom stereocenters. The maximum Gasteiger partial charge on any atom is 0.255 e. The van der Waals surface area contributed by atoms with E-state index in [2.05, 4.69) is 5.32 Å². The number of nitrogens with zero attached hydrogens (tertiary/aromatic N) is 1. The van der Waals surface area contributed by atoms with E-state index in [0.717, 1.165) is 12.8 Å². The number of rotatable bonds is 2. The van der Waals surface area contributed by atoms with Crippen molar-refractivity contribution >= 4 is 11.8 Å². The molecule has 2 aromatic rings. The summed E-state index contributed by atoms with van der Waals surface area (Å²) < 4.78 is 11.1. The van der Waals surface area contributed by atoms with Crippen LogP contribution in [0.1, 0.15) is 33.6 Å². The van der Waals surface area contributed by atoms with Crippen molar-refractivity contribution < 1.29 is 19.1 Å². The SMILES string of the molecule is COc1ccc(C(=O)N2CCCC3(COc4ccccc4C(=O)N3)C2)cc1. The van der Waals surface area contributed by atoms with Gasteiger partial charge in [0.2, 0.25) is 0 Å². The summed E-state index contributed by atoms with van der Waals surface area (Å²) in [5.41, 5.74) is 0.571. The number of ether oxygens (including phenoxy) is 2. The van der Waals surface area contributed by atoms with Crippen LogP contribution in [0.4, 0.5) is 0 Å². The molecular formula is C21H22N2O4. The second kappa shape index (κ2) is 6.95. The molecule has 1 spiro atoms. The third-order valence-corrected chi connectivity index (χ3v) is 5.22. The van der Waals surface area contributed by atoms with Gasteiger partial charge in [0, 0.05) is 18.7 Å². The van der Waals surface area contributed by atoms with Gasteiger partial charge in [0.25, 0.3) is 11.8 Å². The van der Waals surface area contributed by atoms with Gasteiger partial charge in [-0.1, -0.05) is 12.1 Å². The summed E-state index contributed by atoms with van der Waals surface area (Å²) in [6, 6.07) is 14.3. The normalized spacial score (nSPS) is 21.7. The van der Waals surface area contributed by atoms with Crippen LogP contribution in [0.15, 0.2) is 48.5 Å². The summed E-state index contributed by atoms with van der Waals surface area (Å²) >= 11 is 0. The molecule has 0 aliphatic carbocycles. The number of amides is 2. The van der Waals surface area contributed by atoms with Crippen molar-refractivity contribution in [2.24, 2.45) is 0 Å². The molecule has 2 aliphatic rings. The van der Waals surface area contributed by atoms with Gasteiger partial charge in [0.1, 0.15) is 18.1 Å². The van der Waals surface area contributed by atoms with Crippen molar-refractivity contribution in [1.82, 2.24) is 10.2 Å². The molecule has 0 bridgehead atoms. The first kappa shape index (κ1) is 17.4. The average molecular weight is 366 g/mol. The quantitative estimate of drug-likeness (QED) is 0.887. The maximum atomic E-state index is 12.9. The molecule has 4 rings (SSSR count). The third-order valence-electron chi connectivity index (χ3n) is 5.22. The number of hydrogen-bond acceptors (Lipinski definition) is 4. The predicted octanol–water partition coefficient (Wildman–Crippen LogP) is 2.49. The molecule has 2 heterocycles. The van der Waals surface area contributed by atoms with Crippen LogP contribution in [-0.4, -0.2) is 49.1 Å². The number of hydrogen-bond donors (Lipinski definition) is 1. The van der Waals surface area contributed by atoms with Crippen molar-refractivity contribution in [3.05, 3.63) is 59.7 Å². The van der Waals surface area contributed by atoms with Gasteiger partial charge < -0.3 is 19.7 Å². The lowest BCUT2D eigenvalue weighted by atomic mass is 9.89. The molecule has 2 amide bonds. The Bertz CT molecular complexity index is 865. The van der Waals surface area contributed by atoms with Crippen LogP contribution in [-0.2, 0) is 0 Å². The number of carbonyl (C=O) groups excluding carboxylic acids is 2. The number of carbonyl (C=O) groups is 2. The van der Waals surface area contributed by atoms with Crippen molar-refractivity contribution in [1.29, 1.82) is 0 Å². The Labute approximate surface area is 158 Å². The molecule has 6 heteroatoms. The highest BCUT2D eigenvalue weighted by atomic mass is 16.5. The van der Waals surface area contributed by atoms with Crippen molar-refractivity contribution in [2.45, 2.75) is 18.4 Å². The first-order valence-electron chi connectivity index (χ1n) is 9.08. The fourth-order valence-electron chi connectivity index (χ4n) is 3.78. The number of methoxy groups -OCH3 is 1. The lowest BCUT2D eigenvalue weighted by Gasteiger charge is -2.42. The molecule has 1 N–H and O–H groups in total. The highest BCUT2D eigenvalue weighted by Crippen LogP contribution is 2.29. The van der Waals surface area contributed by atoms with Crippen molar-refractivity contribution in [3.8, 4) is 11.5 Å². The third kappa shape index (κ3) is 3.35. The molecule has 2 aliphatic heterocycles. The van der Waals surface area contributed by atoms with Crippen molar-refractivity contribution in [3.63, 3.8) is 0 Å². The summed E-state index contributed by atoms with van der Waals surface area (Å²) in [5.74, 6) is 1.10. The molecule has 27 heavy (non-hydrogen) atoms. The zero-order chi connectivity index (χ0) is 18.9. The summed E-state index contributed by atoms with van der Waals surface area (Å²) in [7, 11) is 1.60. The number of para-hydroxylation sites is 1. The number of fused-ring (bicyclic) bond motifs is 1. The summed E-state index contributed by atoms with van der Waals surface area (Å²) in [6.07, 6.45) is 1.58. The van der Waals surface area contributed by atoms with E-state index in [0.29, 0.717) is 42.3 Å². The van der Waals surface area contributed by atoms with Gasteiger partial charge in [0.05, 0.1) is 18.2 Å². The summed E-state index contributed by atoms with van der Waals surface area (Å²) in [6.45, 7) is 1.44. The van der Waals surface area contributed by atoms with Gasteiger partial charge in [-0.15, -0.1) is 0 Å². The monoisotopic (exact) mass is 366 g/mol. The Morgan fingerprint density at radius 3 is 2.74 bits per heavy atom. The Hall–Kier alpha value is -3.02. The lowest BCUT2D eigenvalue weighted by molar-refractivity contribution is 0.0490. The Morgan fingerprint density at radius 2 is 1.96 bits per heavy atom. The van der Waals surface area contributed by atoms with Gasteiger partial charge in [-0.3, -0.25) is 9.59 Å². The van der Waals surface area contributed by atoms with E-state index < -0.39 is 5.54 Å². The summed E-state index contributed by atoms with van der Waals surface area (Å²) in [4.78, 5) is 27.4. The standard InChI is InChI=1S/C21H22N2O4/c1-26-16-9-7-15(8-10-16)20(25)23-12-4-11-21(13-23)14-27-18-6-3-2-5-17(18)19(24)22-21/h2-3,5-10H,4,11-14H2,1H3,(H,22,24). The average Bonchev–Trinajstić information content (AvgIpc) is 2.84. The van der Waals surface area contributed by atoms with Crippen LogP contribution < -0.4 is 14.8 Å². The molecule has 1 atom stereocenters. The minimum atomic E-state index is -0.573. The fourth-order valence-corrected chi connectivity index (χ4v) is 3.78. The Balaban J connectivity index is 1.54. The van der Waals surface area contributed by atoms with Crippen LogP contribution in [0, 0.1) is 0 Å². The maximum absolute atomic E-state index is 12.9. The van der Waals surface area contributed by atoms with Gasteiger partial charge in [-0.2, -0.15) is 0 Å². The first-order chi connectivity index (χ1) is 13.1.